The summed E-state index contributed by atoms with van der Waals surface area (Å²) in [5, 5.41) is 1.08. The van der Waals surface area contributed by atoms with Crippen molar-refractivity contribution in [1.82, 2.24) is 0 Å². The summed E-state index contributed by atoms with van der Waals surface area (Å²) in [6, 6.07) is 7.90. The first-order chi connectivity index (χ1) is 5.72. The molecule has 0 saturated carbocycles. The van der Waals surface area contributed by atoms with E-state index in [1.165, 1.54) is 0 Å². The molecule has 0 N–H and O–H groups in total. The molecule has 0 spiro atoms. The van der Waals surface area contributed by atoms with Crippen molar-refractivity contribution >= 4 is 14.5 Å². The number of hydrogen-bond acceptors (Lipinski definition) is 1. The monoisotopic (exact) mass is 181 g/mol. The molecule has 66 valence electrons. The first kappa shape index (κ1) is 9.54. The van der Waals surface area contributed by atoms with Gasteiger partial charge < -0.3 is 14.0 Å². The summed E-state index contributed by atoms with van der Waals surface area (Å²) in [6.45, 7) is 4.19. The Labute approximate surface area is 76.3 Å². The topological polar surface area (TPSA) is 9.23 Å². The Hall–Kier alpha value is -0.550. The highest BCUT2D eigenvalue weighted by molar-refractivity contribution is 7.27. The van der Waals surface area contributed by atoms with Crippen LogP contribution >= 0.6 is 9.24 Å². The van der Waals surface area contributed by atoms with Gasteiger partial charge in [-0.2, -0.15) is 0 Å². The van der Waals surface area contributed by atoms with E-state index in [1.807, 2.05) is 24.3 Å². The summed E-state index contributed by atoms with van der Waals surface area (Å²) in [4.78, 5) is 0. The molecule has 0 heterocycles. The molecule has 1 nitrogen and oxygen atoms in total. The number of hydrogen-bond donors (Lipinski definition) is 0. The van der Waals surface area contributed by atoms with Gasteiger partial charge in [0, 0.05) is 0 Å². The van der Waals surface area contributed by atoms with E-state index in [0.29, 0.717) is 6.10 Å². The van der Waals surface area contributed by atoms with Gasteiger partial charge in [0.2, 0.25) is 0 Å². The van der Waals surface area contributed by atoms with Crippen LogP contribution in [0.4, 0.5) is 0 Å². The predicted molar refractivity (Wildman–Crippen MR) is 54.8 cm³/mol. The highest BCUT2D eigenvalue weighted by atomic mass is 31.0. The second-order valence-corrected chi connectivity index (χ2v) is 3.44. The van der Waals surface area contributed by atoms with E-state index in [9.17, 15) is 0 Å². The molecule has 0 bridgehead atoms. The van der Waals surface area contributed by atoms with E-state index >= 15 is 0 Å². The van der Waals surface area contributed by atoms with Crippen molar-refractivity contribution in [3.05, 3.63) is 24.3 Å². The fourth-order valence-corrected chi connectivity index (χ4v) is 1.02. The van der Waals surface area contributed by atoms with Crippen LogP contribution < -0.4 is 10.0 Å². The zero-order valence-corrected chi connectivity index (χ0v) is 8.50. The quantitative estimate of drug-likeness (QED) is 0.651. The van der Waals surface area contributed by atoms with E-state index in [0.717, 1.165) is 17.5 Å². The molecule has 0 aromatic heterocycles. The first-order valence-electron chi connectivity index (χ1n) is 4.20. The second-order valence-electron chi connectivity index (χ2n) is 2.86. The fourth-order valence-electron chi connectivity index (χ4n) is 0.849. The van der Waals surface area contributed by atoms with E-state index in [-0.39, 0.29) is 0 Å². The maximum Gasteiger partial charge on any atom is 0.119 e. The van der Waals surface area contributed by atoms with Crippen LogP contribution in [0.2, 0.25) is 0 Å². The average Bonchev–Trinajstić information content (AvgIpc) is 2.09. The molecule has 0 saturated heterocycles. The van der Waals surface area contributed by atoms with Crippen LogP contribution in [0.25, 0.3) is 0 Å². The van der Waals surface area contributed by atoms with Gasteiger partial charge in [0.25, 0.3) is 0 Å². The van der Waals surface area contributed by atoms with Gasteiger partial charge in [-0.25, -0.2) is 5.30 Å². The first-order valence-corrected chi connectivity index (χ1v) is 4.70. The summed E-state index contributed by atoms with van der Waals surface area (Å²) < 4.78 is 5.60. The van der Waals surface area contributed by atoms with Crippen molar-refractivity contribution in [2.45, 2.75) is 26.4 Å². The van der Waals surface area contributed by atoms with E-state index < -0.39 is 0 Å². The Bertz CT molecular complexity index is 230. The number of benzene rings is 1. The number of ether oxygens (including phenoxy) is 1. The smallest absolute Gasteiger partial charge is 0.119 e. The minimum Gasteiger partial charge on any atom is -0.525 e. The lowest BCUT2D eigenvalue weighted by Gasteiger charge is -2.13. The zero-order chi connectivity index (χ0) is 8.97. The molecule has 1 atom stereocenters. The van der Waals surface area contributed by atoms with E-state index in [2.05, 4.69) is 23.1 Å². The minimum absolute atomic E-state index is 0.297. The predicted octanol–water partition coefficient (Wildman–Crippen LogP) is 2.63. The standard InChI is InChI=1S/C10H14OP/c1-3-8(2)11-9-4-6-10(12)7-5-9/h4-8,12H,3H2,1-2H3/q-1. The van der Waals surface area contributed by atoms with Crippen molar-refractivity contribution in [3.63, 3.8) is 0 Å². The molecule has 12 heavy (non-hydrogen) atoms. The van der Waals surface area contributed by atoms with Crippen LogP contribution in [-0.4, -0.2) is 6.10 Å². The Kier molecular flexibility index (Phi) is 3.55. The maximum absolute atomic E-state index is 5.60. The Morgan fingerprint density at radius 3 is 2.42 bits per heavy atom. The van der Waals surface area contributed by atoms with Gasteiger partial charge in [-0.1, -0.05) is 19.1 Å². The van der Waals surface area contributed by atoms with Crippen LogP contribution in [0.15, 0.2) is 24.3 Å². The molecule has 0 fully saturated rings. The van der Waals surface area contributed by atoms with Crippen molar-refractivity contribution in [2.24, 2.45) is 0 Å². The molecule has 0 amide bonds. The number of rotatable bonds is 3. The van der Waals surface area contributed by atoms with Gasteiger partial charge >= 0.3 is 0 Å². The third-order valence-corrected chi connectivity index (χ3v) is 2.10. The van der Waals surface area contributed by atoms with Gasteiger partial charge in [-0.05, 0) is 25.5 Å². The van der Waals surface area contributed by atoms with Crippen molar-refractivity contribution in [2.75, 3.05) is 0 Å². The minimum atomic E-state index is 0.297. The lowest BCUT2D eigenvalue weighted by atomic mass is 10.3. The molecule has 1 aromatic rings. The van der Waals surface area contributed by atoms with Gasteiger partial charge in [-0.15, -0.1) is 0 Å². The summed E-state index contributed by atoms with van der Waals surface area (Å²) in [5.74, 6) is 0.936. The maximum atomic E-state index is 5.60. The lowest BCUT2D eigenvalue weighted by molar-refractivity contribution is 0.217. The summed E-state index contributed by atoms with van der Waals surface area (Å²) in [6.07, 6.45) is 1.33. The molecule has 0 aliphatic carbocycles. The van der Waals surface area contributed by atoms with Crippen molar-refractivity contribution in [1.29, 1.82) is 0 Å². The molecule has 0 aliphatic rings. The SMILES string of the molecule is CCC(C)Oc1ccc([PH-])cc1. The van der Waals surface area contributed by atoms with Crippen molar-refractivity contribution in [3.8, 4) is 5.75 Å². The molecular formula is C10H14OP-. The van der Waals surface area contributed by atoms with Crippen LogP contribution in [0.1, 0.15) is 20.3 Å². The molecule has 1 unspecified atom stereocenters. The summed E-state index contributed by atoms with van der Waals surface area (Å²) in [5.41, 5.74) is 0. The highest BCUT2D eigenvalue weighted by Crippen LogP contribution is 2.11. The Balaban J connectivity index is 2.58. The average molecular weight is 181 g/mol. The summed E-state index contributed by atoms with van der Waals surface area (Å²) in [7, 11) is 3.42. The largest absolute Gasteiger partial charge is 0.525 e. The Morgan fingerprint density at radius 1 is 1.33 bits per heavy atom. The normalized spacial score (nSPS) is 12.6. The lowest BCUT2D eigenvalue weighted by Crippen LogP contribution is -2.09. The highest BCUT2D eigenvalue weighted by Gasteiger charge is 1.98. The van der Waals surface area contributed by atoms with Crippen LogP contribution in [-0.2, 0) is 0 Å². The fraction of sp³-hybridized carbons (Fsp3) is 0.400. The van der Waals surface area contributed by atoms with Crippen molar-refractivity contribution < 1.29 is 4.74 Å². The van der Waals surface area contributed by atoms with Gasteiger partial charge in [0.05, 0.1) is 6.10 Å². The van der Waals surface area contributed by atoms with E-state index in [4.69, 9.17) is 4.74 Å². The molecule has 0 radical (unpaired) electrons. The van der Waals surface area contributed by atoms with Crippen LogP contribution in [0.5, 0.6) is 5.75 Å². The van der Waals surface area contributed by atoms with Crippen LogP contribution in [0.3, 0.4) is 0 Å². The molecule has 1 aromatic carbocycles. The third kappa shape index (κ3) is 2.83. The van der Waals surface area contributed by atoms with Gasteiger partial charge in [0.1, 0.15) is 5.75 Å². The van der Waals surface area contributed by atoms with Gasteiger partial charge in [-0.3, -0.25) is 0 Å². The second kappa shape index (κ2) is 4.47. The van der Waals surface area contributed by atoms with Gasteiger partial charge in [0.15, 0.2) is 0 Å². The van der Waals surface area contributed by atoms with E-state index in [1.54, 1.807) is 0 Å². The molecule has 0 aliphatic heterocycles. The van der Waals surface area contributed by atoms with Crippen LogP contribution in [0, 0.1) is 0 Å². The Morgan fingerprint density at radius 2 is 1.92 bits per heavy atom. The zero-order valence-electron chi connectivity index (χ0n) is 7.50. The molecule has 2 heteroatoms. The molecule has 1 rings (SSSR count). The summed E-state index contributed by atoms with van der Waals surface area (Å²) >= 11 is 0. The third-order valence-electron chi connectivity index (χ3n) is 1.77. The molecular weight excluding hydrogens is 167 g/mol.